The fraction of sp³-hybridized carbons (Fsp3) is 0.0500. The number of aromatic nitrogens is 5. The molecular weight excluding hydrogens is 407 g/mol. The number of halogens is 1. The van der Waals surface area contributed by atoms with Gasteiger partial charge in [0.25, 0.3) is 5.91 Å². The summed E-state index contributed by atoms with van der Waals surface area (Å²) in [7, 11) is 0. The molecule has 3 aromatic heterocycles. The van der Waals surface area contributed by atoms with Crippen molar-refractivity contribution in [2.75, 3.05) is 5.32 Å². The minimum absolute atomic E-state index is 0.00895. The number of carbonyl (C=O) groups is 1. The molecule has 5 aromatic rings. The summed E-state index contributed by atoms with van der Waals surface area (Å²) in [6, 6.07) is 15.1. The van der Waals surface area contributed by atoms with Gasteiger partial charge in [0.1, 0.15) is 5.82 Å². The molecule has 0 saturated heterocycles. The van der Waals surface area contributed by atoms with Gasteiger partial charge < -0.3 is 9.73 Å². The molecule has 0 aliphatic carbocycles. The van der Waals surface area contributed by atoms with Crippen LogP contribution in [0.2, 0.25) is 0 Å². The average molecular weight is 420 g/mol. The average Bonchev–Trinajstić information content (AvgIpc) is 3.48. The van der Waals surface area contributed by atoms with Crippen molar-refractivity contribution >= 4 is 33.1 Å². The van der Waals surface area contributed by atoms with Gasteiger partial charge in [-0.15, -0.1) is 16.4 Å². The highest BCUT2D eigenvalue weighted by molar-refractivity contribution is 7.21. The van der Waals surface area contributed by atoms with Crippen LogP contribution in [0.3, 0.4) is 0 Å². The van der Waals surface area contributed by atoms with E-state index in [0.29, 0.717) is 22.3 Å². The molecule has 0 aliphatic rings. The third-order valence-corrected chi connectivity index (χ3v) is 5.45. The van der Waals surface area contributed by atoms with Gasteiger partial charge in [-0.05, 0) is 59.8 Å². The number of amides is 1. The maximum absolute atomic E-state index is 14.3. The Morgan fingerprint density at radius 3 is 2.83 bits per heavy atom. The number of carbonyl (C=O) groups excluding carboxylic acids is 1. The van der Waals surface area contributed by atoms with E-state index in [1.807, 2.05) is 24.3 Å². The van der Waals surface area contributed by atoms with Crippen LogP contribution in [0.5, 0.6) is 0 Å². The quantitative estimate of drug-likeness (QED) is 0.467. The monoisotopic (exact) mass is 420 g/mol. The summed E-state index contributed by atoms with van der Waals surface area (Å²) in [5.41, 5.74) is 1.37. The molecule has 0 saturated carbocycles. The molecule has 0 unspecified atom stereocenters. The number of benzene rings is 2. The van der Waals surface area contributed by atoms with Crippen LogP contribution in [0.15, 0.2) is 59.0 Å². The van der Waals surface area contributed by atoms with E-state index in [2.05, 4.69) is 25.8 Å². The maximum Gasteiger partial charge on any atom is 0.291 e. The van der Waals surface area contributed by atoms with Crippen molar-refractivity contribution in [1.82, 2.24) is 25.2 Å². The number of thiazole rings is 1. The minimum Gasteiger partial charge on any atom is -0.448 e. The van der Waals surface area contributed by atoms with Crippen LogP contribution in [-0.2, 0) is 0 Å². The Morgan fingerprint density at radius 2 is 2.03 bits per heavy atom. The van der Waals surface area contributed by atoms with E-state index in [9.17, 15) is 9.18 Å². The van der Waals surface area contributed by atoms with Crippen molar-refractivity contribution < 1.29 is 13.6 Å². The van der Waals surface area contributed by atoms with Gasteiger partial charge >= 0.3 is 0 Å². The fourth-order valence-corrected chi connectivity index (χ4v) is 3.87. The van der Waals surface area contributed by atoms with Crippen molar-refractivity contribution in [2.24, 2.45) is 0 Å². The molecule has 0 bridgehead atoms. The third kappa shape index (κ3) is 3.22. The van der Waals surface area contributed by atoms with Gasteiger partial charge in [0.2, 0.25) is 0 Å². The van der Waals surface area contributed by atoms with E-state index < -0.39 is 11.7 Å². The Balaban J connectivity index is 1.40. The van der Waals surface area contributed by atoms with Crippen LogP contribution < -0.4 is 5.32 Å². The number of anilines is 1. The summed E-state index contributed by atoms with van der Waals surface area (Å²) >= 11 is 1.47. The topological polar surface area (TPSA) is 98.7 Å². The first-order valence-corrected chi connectivity index (χ1v) is 9.72. The molecule has 0 aliphatic heterocycles. The number of nitrogens with zero attached hydrogens (tertiary/aromatic N) is 5. The van der Waals surface area contributed by atoms with Gasteiger partial charge in [-0.2, -0.15) is 4.68 Å². The first kappa shape index (κ1) is 18.1. The molecule has 30 heavy (non-hydrogen) atoms. The maximum atomic E-state index is 14.3. The molecular formula is C20H13FN6O2S. The summed E-state index contributed by atoms with van der Waals surface area (Å²) in [4.78, 5) is 17.1. The van der Waals surface area contributed by atoms with E-state index in [1.165, 1.54) is 40.3 Å². The van der Waals surface area contributed by atoms with Crippen molar-refractivity contribution in [3.8, 4) is 16.5 Å². The van der Waals surface area contributed by atoms with Gasteiger partial charge in [-0.3, -0.25) is 4.79 Å². The third-order valence-electron chi connectivity index (χ3n) is 4.40. The lowest BCUT2D eigenvalue weighted by molar-refractivity contribution is 0.0997. The summed E-state index contributed by atoms with van der Waals surface area (Å²) in [6.07, 6.45) is 0. The largest absolute Gasteiger partial charge is 0.448 e. The molecule has 0 atom stereocenters. The Bertz CT molecular complexity index is 1360. The number of para-hydroxylation sites is 1. The number of aryl methyl sites for hydroxylation is 1. The molecule has 0 radical (unpaired) electrons. The standard InChI is InChI=1S/C20H13FN6O2S/c1-11-24-25-26-27(11)12-6-7-13(21)15(10-12)22-19(28)16-8-9-17(29-16)20-23-14-4-2-3-5-18(14)30-20/h2-10H,1H3,(H,22,28). The molecule has 2 aromatic carbocycles. The number of furan rings is 1. The van der Waals surface area contributed by atoms with Crippen LogP contribution in [0, 0.1) is 12.7 Å². The lowest BCUT2D eigenvalue weighted by atomic mass is 10.2. The zero-order chi connectivity index (χ0) is 20.7. The Kier molecular flexibility index (Phi) is 4.32. The van der Waals surface area contributed by atoms with Gasteiger partial charge in [0, 0.05) is 0 Å². The Hall–Kier alpha value is -3.92. The molecule has 8 nitrogen and oxygen atoms in total. The number of hydrogen-bond donors (Lipinski definition) is 1. The number of rotatable bonds is 4. The molecule has 3 heterocycles. The molecule has 0 spiro atoms. The molecule has 5 rings (SSSR count). The lowest BCUT2D eigenvalue weighted by Crippen LogP contribution is -2.13. The van der Waals surface area contributed by atoms with Crippen molar-refractivity contribution in [3.63, 3.8) is 0 Å². The number of tetrazole rings is 1. The van der Waals surface area contributed by atoms with Gasteiger partial charge in [-0.25, -0.2) is 9.37 Å². The van der Waals surface area contributed by atoms with E-state index in [4.69, 9.17) is 4.42 Å². The smallest absolute Gasteiger partial charge is 0.291 e. The van der Waals surface area contributed by atoms with Crippen LogP contribution in [0.1, 0.15) is 16.4 Å². The zero-order valence-corrected chi connectivity index (χ0v) is 16.4. The van der Waals surface area contributed by atoms with Crippen molar-refractivity contribution in [1.29, 1.82) is 0 Å². The molecule has 0 fully saturated rings. The van der Waals surface area contributed by atoms with Crippen LogP contribution in [0.4, 0.5) is 10.1 Å². The van der Waals surface area contributed by atoms with E-state index in [0.717, 1.165) is 10.2 Å². The van der Waals surface area contributed by atoms with Gasteiger partial charge in [-0.1, -0.05) is 12.1 Å². The summed E-state index contributed by atoms with van der Waals surface area (Å²) in [6.45, 7) is 1.72. The second kappa shape index (κ2) is 7.16. The molecule has 1 N–H and O–H groups in total. The second-order valence-corrected chi connectivity index (χ2v) is 7.44. The Morgan fingerprint density at radius 1 is 1.17 bits per heavy atom. The minimum atomic E-state index is -0.587. The zero-order valence-electron chi connectivity index (χ0n) is 15.5. The lowest BCUT2D eigenvalue weighted by Gasteiger charge is -2.08. The summed E-state index contributed by atoms with van der Waals surface area (Å²) in [5.74, 6) is -0.111. The number of nitrogens with one attached hydrogen (secondary N) is 1. The predicted octanol–water partition coefficient (Wildman–Crippen LogP) is 4.23. The SMILES string of the molecule is Cc1nnnn1-c1ccc(F)c(NC(=O)c2ccc(-c3nc4ccccc4s3)o2)c1. The molecule has 10 heteroatoms. The molecule has 1 amide bonds. The first-order valence-electron chi connectivity index (χ1n) is 8.90. The Labute approximate surface area is 173 Å². The number of hydrogen-bond acceptors (Lipinski definition) is 7. The van der Waals surface area contributed by atoms with E-state index in [1.54, 1.807) is 13.0 Å². The normalized spacial score (nSPS) is 11.1. The second-order valence-electron chi connectivity index (χ2n) is 6.41. The first-order chi connectivity index (χ1) is 14.6. The summed E-state index contributed by atoms with van der Waals surface area (Å²) in [5, 5.41) is 14.4. The van der Waals surface area contributed by atoms with Gasteiger partial charge in [0.05, 0.1) is 21.6 Å². The highest BCUT2D eigenvalue weighted by Crippen LogP contribution is 2.31. The van der Waals surface area contributed by atoms with Gasteiger partial charge in [0.15, 0.2) is 22.4 Å². The van der Waals surface area contributed by atoms with Crippen LogP contribution in [-0.4, -0.2) is 31.1 Å². The van der Waals surface area contributed by atoms with Crippen LogP contribution >= 0.6 is 11.3 Å². The van der Waals surface area contributed by atoms with Crippen molar-refractivity contribution in [2.45, 2.75) is 6.92 Å². The van der Waals surface area contributed by atoms with Crippen LogP contribution in [0.25, 0.3) is 26.7 Å². The van der Waals surface area contributed by atoms with Crippen molar-refractivity contribution in [3.05, 3.63) is 72.0 Å². The summed E-state index contributed by atoms with van der Waals surface area (Å²) < 4.78 is 22.4. The highest BCUT2D eigenvalue weighted by atomic mass is 32.1. The number of fused-ring (bicyclic) bond motifs is 1. The predicted molar refractivity (Wildman–Crippen MR) is 109 cm³/mol. The van der Waals surface area contributed by atoms with E-state index in [-0.39, 0.29) is 11.4 Å². The van der Waals surface area contributed by atoms with E-state index >= 15 is 0 Å². The fourth-order valence-electron chi connectivity index (χ4n) is 2.95. The molecule has 148 valence electrons. The highest BCUT2D eigenvalue weighted by Gasteiger charge is 2.17.